The molecule has 2 rings (SSSR count). The number of hydrogen-bond donors (Lipinski definition) is 0. The monoisotopic (exact) mass is 308 g/mol. The molecule has 0 N–H and O–H groups in total. The van der Waals surface area contributed by atoms with Crippen molar-refractivity contribution >= 4 is 15.9 Å². The van der Waals surface area contributed by atoms with Crippen LogP contribution in [-0.4, -0.2) is 11.9 Å². The molecule has 0 radical (unpaired) electrons. The Labute approximate surface area is 115 Å². The molecule has 0 fully saturated rings. The molecule has 0 aliphatic heterocycles. The van der Waals surface area contributed by atoms with Crippen LogP contribution in [0.2, 0.25) is 0 Å². The van der Waals surface area contributed by atoms with Gasteiger partial charge in [0.1, 0.15) is 11.9 Å². The summed E-state index contributed by atoms with van der Waals surface area (Å²) >= 11 is 3.34. The van der Waals surface area contributed by atoms with Crippen molar-refractivity contribution in [1.29, 1.82) is 0 Å². The van der Waals surface area contributed by atoms with Crippen LogP contribution in [0.4, 0.5) is 4.39 Å². The molecule has 0 spiro atoms. The Kier molecular flexibility index (Phi) is 4.90. The van der Waals surface area contributed by atoms with Crippen molar-refractivity contribution in [3.05, 3.63) is 71.5 Å². The summed E-state index contributed by atoms with van der Waals surface area (Å²) in [6, 6.07) is 16.4. The van der Waals surface area contributed by atoms with Gasteiger partial charge in [-0.1, -0.05) is 58.4 Å². The minimum Gasteiger partial charge on any atom is -0.368 e. The van der Waals surface area contributed by atoms with Gasteiger partial charge in [-0.25, -0.2) is 4.39 Å². The van der Waals surface area contributed by atoms with Gasteiger partial charge in [-0.05, 0) is 23.3 Å². The van der Waals surface area contributed by atoms with Crippen molar-refractivity contribution < 1.29 is 9.13 Å². The summed E-state index contributed by atoms with van der Waals surface area (Å²) in [6.45, 7) is 0.579. The van der Waals surface area contributed by atoms with E-state index in [-0.39, 0.29) is 11.9 Å². The summed E-state index contributed by atoms with van der Waals surface area (Å²) in [7, 11) is 0. The lowest BCUT2D eigenvalue weighted by atomic mass is 10.0. The van der Waals surface area contributed by atoms with E-state index >= 15 is 0 Å². The van der Waals surface area contributed by atoms with Gasteiger partial charge in [0, 0.05) is 5.33 Å². The fourth-order valence-electron chi connectivity index (χ4n) is 1.84. The molecule has 94 valence electrons. The molecule has 1 nitrogen and oxygen atoms in total. The molecule has 1 unspecified atom stereocenters. The largest absolute Gasteiger partial charge is 0.368 e. The molecule has 0 amide bonds. The Morgan fingerprint density at radius 2 is 1.72 bits per heavy atom. The topological polar surface area (TPSA) is 9.23 Å². The van der Waals surface area contributed by atoms with E-state index in [0.717, 1.165) is 16.5 Å². The molecule has 0 aromatic heterocycles. The number of alkyl halides is 1. The van der Waals surface area contributed by atoms with Crippen molar-refractivity contribution in [3.8, 4) is 0 Å². The average molecular weight is 309 g/mol. The van der Waals surface area contributed by atoms with Crippen LogP contribution in [0.1, 0.15) is 17.2 Å². The Balaban J connectivity index is 2.31. The smallest absolute Gasteiger partial charge is 0.123 e. The molecule has 1 atom stereocenters. The molecule has 2 aromatic rings. The molecule has 2 aromatic carbocycles. The SMILES string of the molecule is Fc1cccc(C(OCCBr)c2ccccc2)c1. The minimum atomic E-state index is -0.240. The number of rotatable bonds is 5. The number of halogens is 2. The standard InChI is InChI=1S/C15H14BrFO/c16-9-10-18-15(12-5-2-1-3-6-12)13-7-4-8-14(17)11-13/h1-8,11,15H,9-10H2. The first-order valence-electron chi connectivity index (χ1n) is 5.79. The van der Waals surface area contributed by atoms with Gasteiger partial charge in [-0.3, -0.25) is 0 Å². The van der Waals surface area contributed by atoms with Crippen molar-refractivity contribution in [2.45, 2.75) is 6.10 Å². The average Bonchev–Trinajstić information content (AvgIpc) is 2.40. The van der Waals surface area contributed by atoms with Crippen LogP contribution in [0.15, 0.2) is 54.6 Å². The summed E-state index contributed by atoms with van der Waals surface area (Å²) in [5, 5.41) is 0.756. The van der Waals surface area contributed by atoms with Crippen LogP contribution in [-0.2, 0) is 4.74 Å². The second-order valence-electron chi connectivity index (χ2n) is 3.91. The van der Waals surface area contributed by atoms with Crippen molar-refractivity contribution in [3.63, 3.8) is 0 Å². The maximum absolute atomic E-state index is 13.3. The van der Waals surface area contributed by atoms with Crippen molar-refractivity contribution in [2.75, 3.05) is 11.9 Å². The highest BCUT2D eigenvalue weighted by Crippen LogP contribution is 2.26. The molecule has 0 aliphatic carbocycles. The van der Waals surface area contributed by atoms with Crippen molar-refractivity contribution in [2.24, 2.45) is 0 Å². The highest BCUT2D eigenvalue weighted by atomic mass is 79.9. The number of ether oxygens (including phenoxy) is 1. The Morgan fingerprint density at radius 1 is 1.00 bits per heavy atom. The molecular weight excluding hydrogens is 295 g/mol. The second-order valence-corrected chi connectivity index (χ2v) is 4.70. The molecule has 3 heteroatoms. The van der Waals surface area contributed by atoms with Crippen molar-refractivity contribution in [1.82, 2.24) is 0 Å². The zero-order chi connectivity index (χ0) is 12.8. The molecule has 0 aliphatic rings. The van der Waals surface area contributed by atoms with Crippen LogP contribution in [0.25, 0.3) is 0 Å². The van der Waals surface area contributed by atoms with E-state index in [4.69, 9.17) is 4.74 Å². The van der Waals surface area contributed by atoms with Crippen LogP contribution >= 0.6 is 15.9 Å². The Hall–Kier alpha value is -1.19. The number of benzene rings is 2. The van der Waals surface area contributed by atoms with E-state index in [9.17, 15) is 4.39 Å². The fourth-order valence-corrected chi connectivity index (χ4v) is 2.03. The highest BCUT2D eigenvalue weighted by Gasteiger charge is 2.14. The van der Waals surface area contributed by atoms with E-state index in [2.05, 4.69) is 15.9 Å². The van der Waals surface area contributed by atoms with Gasteiger partial charge in [0.05, 0.1) is 6.61 Å². The van der Waals surface area contributed by atoms with Gasteiger partial charge >= 0.3 is 0 Å². The van der Waals surface area contributed by atoms with Crippen LogP contribution in [0.5, 0.6) is 0 Å². The second kappa shape index (κ2) is 6.66. The van der Waals surface area contributed by atoms with Gasteiger partial charge in [0.25, 0.3) is 0 Å². The lowest BCUT2D eigenvalue weighted by molar-refractivity contribution is 0.0938. The zero-order valence-electron chi connectivity index (χ0n) is 9.85. The fraction of sp³-hybridized carbons (Fsp3) is 0.200. The molecule has 0 saturated heterocycles. The zero-order valence-corrected chi connectivity index (χ0v) is 11.4. The van der Waals surface area contributed by atoms with Gasteiger partial charge in [-0.15, -0.1) is 0 Å². The van der Waals surface area contributed by atoms with Gasteiger partial charge < -0.3 is 4.74 Å². The summed E-state index contributed by atoms with van der Waals surface area (Å²) in [5.41, 5.74) is 1.87. The highest BCUT2D eigenvalue weighted by molar-refractivity contribution is 9.09. The van der Waals surface area contributed by atoms with Gasteiger partial charge in [0.2, 0.25) is 0 Å². The van der Waals surface area contributed by atoms with Gasteiger partial charge in [-0.2, -0.15) is 0 Å². The lowest BCUT2D eigenvalue weighted by Gasteiger charge is -2.18. The Morgan fingerprint density at radius 3 is 2.39 bits per heavy atom. The predicted octanol–water partition coefficient (Wildman–Crippen LogP) is 4.33. The van der Waals surface area contributed by atoms with Gasteiger partial charge in [0.15, 0.2) is 0 Å². The predicted molar refractivity (Wildman–Crippen MR) is 74.4 cm³/mol. The van der Waals surface area contributed by atoms with Crippen LogP contribution < -0.4 is 0 Å². The third kappa shape index (κ3) is 3.40. The normalized spacial score (nSPS) is 12.3. The minimum absolute atomic E-state index is 0.223. The summed E-state index contributed by atoms with van der Waals surface area (Å²) in [6.07, 6.45) is -0.223. The summed E-state index contributed by atoms with van der Waals surface area (Å²) < 4.78 is 19.1. The van der Waals surface area contributed by atoms with E-state index in [1.807, 2.05) is 36.4 Å². The third-order valence-corrected chi connectivity index (χ3v) is 2.94. The first-order chi connectivity index (χ1) is 8.81. The molecule has 18 heavy (non-hydrogen) atoms. The first-order valence-corrected chi connectivity index (χ1v) is 6.91. The quantitative estimate of drug-likeness (QED) is 0.747. The van der Waals surface area contributed by atoms with E-state index < -0.39 is 0 Å². The lowest BCUT2D eigenvalue weighted by Crippen LogP contribution is -2.08. The Bertz CT molecular complexity index is 487. The van der Waals surface area contributed by atoms with Crippen LogP contribution in [0, 0.1) is 5.82 Å². The van der Waals surface area contributed by atoms with E-state index in [1.165, 1.54) is 12.1 Å². The number of hydrogen-bond acceptors (Lipinski definition) is 1. The van der Waals surface area contributed by atoms with E-state index in [0.29, 0.717) is 6.61 Å². The summed E-state index contributed by atoms with van der Waals surface area (Å²) in [4.78, 5) is 0. The third-order valence-electron chi connectivity index (χ3n) is 2.62. The summed E-state index contributed by atoms with van der Waals surface area (Å²) in [5.74, 6) is -0.240. The first kappa shape index (κ1) is 13.2. The molecule has 0 bridgehead atoms. The molecule has 0 saturated carbocycles. The molecule has 0 heterocycles. The van der Waals surface area contributed by atoms with E-state index in [1.54, 1.807) is 6.07 Å². The maximum atomic E-state index is 13.3. The van der Waals surface area contributed by atoms with Crippen LogP contribution in [0.3, 0.4) is 0 Å². The molecular formula is C15H14BrFO. The maximum Gasteiger partial charge on any atom is 0.123 e.